The molecule has 3 rings (SSSR count). The fraction of sp³-hybridized carbons (Fsp3) is 0.600. The van der Waals surface area contributed by atoms with Crippen LogP contribution in [0.1, 0.15) is 50.6 Å². The number of fused-ring (bicyclic) bond motifs is 1. The first-order valence-electron chi connectivity index (χ1n) is 6.88. The largest absolute Gasteiger partial charge is 0.487 e. The monoisotopic (exact) mass is 309 g/mol. The number of benzene rings is 1. The van der Waals surface area contributed by atoms with Crippen LogP contribution in [0.2, 0.25) is 0 Å². The van der Waals surface area contributed by atoms with E-state index in [9.17, 15) is 0 Å². The molecule has 18 heavy (non-hydrogen) atoms. The number of hydrogen-bond donors (Lipinski definition) is 1. The maximum absolute atomic E-state index is 6.41. The van der Waals surface area contributed by atoms with E-state index in [1.807, 2.05) is 6.07 Å². The molecule has 2 unspecified atom stereocenters. The third-order valence-corrected chi connectivity index (χ3v) is 5.13. The van der Waals surface area contributed by atoms with Crippen LogP contribution >= 0.6 is 15.9 Å². The van der Waals surface area contributed by atoms with Crippen molar-refractivity contribution in [2.75, 3.05) is 0 Å². The van der Waals surface area contributed by atoms with E-state index in [-0.39, 0.29) is 11.6 Å². The molecule has 1 aliphatic carbocycles. The van der Waals surface area contributed by atoms with Crippen LogP contribution in [0.4, 0.5) is 0 Å². The van der Waals surface area contributed by atoms with Gasteiger partial charge in [0.05, 0.1) is 0 Å². The molecule has 2 aliphatic rings. The molecule has 0 radical (unpaired) electrons. The molecule has 1 fully saturated rings. The van der Waals surface area contributed by atoms with Crippen molar-refractivity contribution in [3.8, 4) is 5.75 Å². The van der Waals surface area contributed by atoms with Gasteiger partial charge in [-0.1, -0.05) is 22.9 Å². The average Bonchev–Trinajstić information content (AvgIpc) is 2.72. The van der Waals surface area contributed by atoms with Crippen LogP contribution in [-0.4, -0.2) is 5.60 Å². The van der Waals surface area contributed by atoms with E-state index in [0.717, 1.165) is 28.6 Å². The van der Waals surface area contributed by atoms with E-state index in [1.54, 1.807) is 0 Å². The van der Waals surface area contributed by atoms with E-state index in [2.05, 4.69) is 35.0 Å². The molecule has 2 nitrogen and oxygen atoms in total. The topological polar surface area (TPSA) is 35.2 Å². The van der Waals surface area contributed by atoms with E-state index in [1.165, 1.54) is 19.3 Å². The van der Waals surface area contributed by atoms with Gasteiger partial charge >= 0.3 is 0 Å². The quantitative estimate of drug-likeness (QED) is 0.844. The third kappa shape index (κ3) is 1.88. The maximum atomic E-state index is 6.41. The highest BCUT2D eigenvalue weighted by molar-refractivity contribution is 9.10. The summed E-state index contributed by atoms with van der Waals surface area (Å²) in [6.07, 6.45) is 5.88. The minimum absolute atomic E-state index is 0.00892. The summed E-state index contributed by atoms with van der Waals surface area (Å²) in [6.45, 7) is 2.27. The van der Waals surface area contributed by atoms with Crippen molar-refractivity contribution in [3.63, 3.8) is 0 Å². The summed E-state index contributed by atoms with van der Waals surface area (Å²) in [5.74, 6) is 1.66. The minimum Gasteiger partial charge on any atom is -0.487 e. The van der Waals surface area contributed by atoms with Crippen LogP contribution in [0.25, 0.3) is 0 Å². The number of rotatable bonds is 1. The Bertz CT molecular complexity index is 462. The molecule has 98 valence electrons. The lowest BCUT2D eigenvalue weighted by molar-refractivity contribution is -0.000973. The van der Waals surface area contributed by atoms with Crippen molar-refractivity contribution in [1.82, 2.24) is 0 Å². The Morgan fingerprint density at radius 2 is 2.33 bits per heavy atom. The Hall–Kier alpha value is -0.540. The van der Waals surface area contributed by atoms with E-state index < -0.39 is 0 Å². The predicted molar refractivity (Wildman–Crippen MR) is 76.7 cm³/mol. The number of nitrogens with two attached hydrogens (primary N) is 1. The summed E-state index contributed by atoms with van der Waals surface area (Å²) in [4.78, 5) is 0. The summed E-state index contributed by atoms with van der Waals surface area (Å²) >= 11 is 3.51. The normalized spacial score (nSPS) is 34.4. The zero-order chi connectivity index (χ0) is 12.8. The summed E-state index contributed by atoms with van der Waals surface area (Å²) in [7, 11) is 0. The number of ether oxygens (including phenoxy) is 1. The molecule has 3 heteroatoms. The van der Waals surface area contributed by atoms with Crippen molar-refractivity contribution >= 4 is 15.9 Å². The first-order valence-corrected chi connectivity index (χ1v) is 7.68. The zero-order valence-electron chi connectivity index (χ0n) is 10.8. The van der Waals surface area contributed by atoms with Gasteiger partial charge in [0.25, 0.3) is 0 Å². The maximum Gasteiger partial charge on any atom is 0.125 e. The first-order chi connectivity index (χ1) is 8.64. The Morgan fingerprint density at radius 3 is 3.11 bits per heavy atom. The first kappa shape index (κ1) is 12.5. The second-order valence-electron chi connectivity index (χ2n) is 5.66. The van der Waals surface area contributed by atoms with Gasteiger partial charge in [0, 0.05) is 22.5 Å². The van der Waals surface area contributed by atoms with Crippen LogP contribution in [-0.2, 0) is 0 Å². The Morgan fingerprint density at radius 1 is 1.50 bits per heavy atom. The fourth-order valence-electron chi connectivity index (χ4n) is 3.74. The third-order valence-electron chi connectivity index (χ3n) is 4.64. The molecule has 0 amide bonds. The molecule has 1 aromatic carbocycles. The standard InChI is InChI=1S/C15H20BrNO/c1-2-10-4-3-7-15(10)9-13(17)12-8-11(16)5-6-14(12)18-15/h5-6,8,10,13H,2-4,7,9,17H2,1H3/t10?,13-,15?/m1/s1. The van der Waals surface area contributed by atoms with Crippen molar-refractivity contribution < 1.29 is 4.74 Å². The molecule has 3 atom stereocenters. The molecule has 1 heterocycles. The molecule has 0 saturated heterocycles. The predicted octanol–water partition coefficient (Wildman–Crippen LogP) is 4.18. The summed E-state index contributed by atoms with van der Waals surface area (Å²) in [5, 5.41) is 0. The summed E-state index contributed by atoms with van der Waals surface area (Å²) in [5.41, 5.74) is 7.54. The van der Waals surface area contributed by atoms with Crippen molar-refractivity contribution in [1.29, 1.82) is 0 Å². The SMILES string of the molecule is CCC1CCCC12C[C@@H](N)c1cc(Br)ccc1O2. The lowest BCUT2D eigenvalue weighted by Gasteiger charge is -2.42. The van der Waals surface area contributed by atoms with Crippen LogP contribution in [0, 0.1) is 5.92 Å². The minimum atomic E-state index is 0.00892. The lowest BCUT2D eigenvalue weighted by atomic mass is 9.79. The Kier molecular flexibility index (Phi) is 3.15. The second-order valence-corrected chi connectivity index (χ2v) is 6.57. The highest BCUT2D eigenvalue weighted by Gasteiger charge is 2.48. The summed E-state index contributed by atoms with van der Waals surface area (Å²) in [6, 6.07) is 6.31. The molecular formula is C15H20BrNO. The van der Waals surface area contributed by atoms with E-state index in [4.69, 9.17) is 10.5 Å². The molecule has 1 aliphatic heterocycles. The highest BCUT2D eigenvalue weighted by Crippen LogP contribution is 2.50. The van der Waals surface area contributed by atoms with Crippen LogP contribution in [0.3, 0.4) is 0 Å². The van der Waals surface area contributed by atoms with Gasteiger partial charge in [0.15, 0.2) is 0 Å². The zero-order valence-corrected chi connectivity index (χ0v) is 12.4. The van der Waals surface area contributed by atoms with Gasteiger partial charge in [-0.2, -0.15) is 0 Å². The average molecular weight is 310 g/mol. The van der Waals surface area contributed by atoms with E-state index in [0.29, 0.717) is 5.92 Å². The highest BCUT2D eigenvalue weighted by atomic mass is 79.9. The number of halogens is 1. The molecule has 1 saturated carbocycles. The van der Waals surface area contributed by atoms with Crippen molar-refractivity contribution in [2.45, 2.75) is 50.7 Å². The van der Waals surface area contributed by atoms with E-state index >= 15 is 0 Å². The van der Waals surface area contributed by atoms with Crippen LogP contribution in [0.15, 0.2) is 22.7 Å². The fourth-order valence-corrected chi connectivity index (χ4v) is 4.12. The lowest BCUT2D eigenvalue weighted by Crippen LogP contribution is -2.45. The van der Waals surface area contributed by atoms with Crippen LogP contribution in [0.5, 0.6) is 5.75 Å². The molecule has 0 bridgehead atoms. The molecule has 1 aromatic rings. The summed E-state index contributed by atoms with van der Waals surface area (Å²) < 4.78 is 7.49. The van der Waals surface area contributed by atoms with Crippen molar-refractivity contribution in [2.24, 2.45) is 11.7 Å². The molecule has 0 aromatic heterocycles. The van der Waals surface area contributed by atoms with Gasteiger partial charge < -0.3 is 10.5 Å². The van der Waals surface area contributed by atoms with Crippen molar-refractivity contribution in [3.05, 3.63) is 28.2 Å². The molecule has 1 spiro atoms. The Balaban J connectivity index is 1.98. The van der Waals surface area contributed by atoms with Crippen LogP contribution < -0.4 is 10.5 Å². The second kappa shape index (κ2) is 4.53. The molecule has 2 N–H and O–H groups in total. The van der Waals surface area contributed by atoms with Gasteiger partial charge in [0.1, 0.15) is 11.4 Å². The number of hydrogen-bond acceptors (Lipinski definition) is 2. The van der Waals surface area contributed by atoms with Gasteiger partial charge in [-0.25, -0.2) is 0 Å². The van der Waals surface area contributed by atoms with Gasteiger partial charge in [-0.05, 0) is 49.8 Å². The van der Waals surface area contributed by atoms with Gasteiger partial charge in [-0.3, -0.25) is 0 Å². The molecular weight excluding hydrogens is 290 g/mol. The smallest absolute Gasteiger partial charge is 0.125 e. The van der Waals surface area contributed by atoms with Gasteiger partial charge in [-0.15, -0.1) is 0 Å². The Labute approximate surface area is 117 Å². The van der Waals surface area contributed by atoms with Gasteiger partial charge in [0.2, 0.25) is 0 Å².